The molecule has 0 unspecified atom stereocenters. The van der Waals surface area contributed by atoms with Crippen LogP contribution in [0.25, 0.3) is 0 Å². The van der Waals surface area contributed by atoms with Crippen LogP contribution in [0.15, 0.2) is 36.9 Å². The molecule has 0 amide bonds. The average molecular weight is 260 g/mol. The van der Waals surface area contributed by atoms with Crippen molar-refractivity contribution in [2.45, 2.75) is 13.0 Å². The predicted octanol–water partition coefficient (Wildman–Crippen LogP) is 1.76. The summed E-state index contributed by atoms with van der Waals surface area (Å²) < 4.78 is 10.7. The summed E-state index contributed by atoms with van der Waals surface area (Å²) in [6, 6.07) is 5.44. The molecule has 1 N–H and O–H groups in total. The van der Waals surface area contributed by atoms with Crippen molar-refractivity contribution in [2.24, 2.45) is 0 Å². The van der Waals surface area contributed by atoms with Gasteiger partial charge in [-0.25, -0.2) is 9.97 Å². The zero-order valence-corrected chi connectivity index (χ0v) is 10.9. The molecule has 2 aromatic rings. The van der Waals surface area contributed by atoms with Gasteiger partial charge in [-0.3, -0.25) is 4.98 Å². The van der Waals surface area contributed by atoms with Crippen molar-refractivity contribution in [3.63, 3.8) is 0 Å². The topological polar surface area (TPSA) is 69.2 Å². The maximum atomic E-state index is 5.69. The quantitative estimate of drug-likeness (QED) is 0.853. The van der Waals surface area contributed by atoms with Crippen LogP contribution in [0.1, 0.15) is 6.92 Å². The second kappa shape index (κ2) is 6.53. The summed E-state index contributed by atoms with van der Waals surface area (Å²) in [5.74, 6) is 1.98. The second-order valence-electron chi connectivity index (χ2n) is 3.94. The van der Waals surface area contributed by atoms with E-state index < -0.39 is 0 Å². The molecule has 6 nitrogen and oxygen atoms in total. The number of rotatable bonds is 6. The van der Waals surface area contributed by atoms with Gasteiger partial charge < -0.3 is 14.8 Å². The number of nitrogens with one attached hydrogen (secondary N) is 1. The van der Waals surface area contributed by atoms with Crippen LogP contribution in [0.3, 0.4) is 0 Å². The first-order chi connectivity index (χ1) is 9.28. The Morgan fingerprint density at radius 2 is 2.26 bits per heavy atom. The lowest BCUT2D eigenvalue weighted by Gasteiger charge is -2.15. The number of anilines is 1. The van der Waals surface area contributed by atoms with E-state index in [1.165, 1.54) is 6.33 Å². The van der Waals surface area contributed by atoms with Crippen LogP contribution in [0.4, 0.5) is 5.82 Å². The first kappa shape index (κ1) is 13.1. The standard InChI is InChI=1S/C13H16N4O2/c1-10(19-11-4-3-5-14-8-11)7-15-12-6-13(18-2)17-9-16-12/h3-6,8-10H,7H2,1-2H3,(H,15,16,17)/t10-/m1/s1. The lowest BCUT2D eigenvalue weighted by atomic mass is 10.4. The molecule has 0 aromatic carbocycles. The molecule has 0 saturated carbocycles. The molecule has 1 atom stereocenters. The van der Waals surface area contributed by atoms with Crippen LogP contribution in [0.2, 0.25) is 0 Å². The van der Waals surface area contributed by atoms with E-state index in [4.69, 9.17) is 9.47 Å². The third-order valence-electron chi connectivity index (χ3n) is 2.39. The molecule has 0 aliphatic rings. The first-order valence-corrected chi connectivity index (χ1v) is 5.94. The molecule has 100 valence electrons. The third kappa shape index (κ3) is 4.09. The number of nitrogens with zero attached hydrogens (tertiary/aromatic N) is 3. The molecule has 2 aromatic heterocycles. The number of pyridine rings is 1. The van der Waals surface area contributed by atoms with Gasteiger partial charge in [-0.15, -0.1) is 0 Å². The van der Waals surface area contributed by atoms with Crippen LogP contribution in [0, 0.1) is 0 Å². The fourth-order valence-electron chi connectivity index (χ4n) is 1.49. The number of hydrogen-bond donors (Lipinski definition) is 1. The van der Waals surface area contributed by atoms with Gasteiger partial charge in [-0.2, -0.15) is 0 Å². The summed E-state index contributed by atoms with van der Waals surface area (Å²) in [6.07, 6.45) is 4.84. The molecule has 6 heteroatoms. The van der Waals surface area contributed by atoms with E-state index in [0.29, 0.717) is 18.2 Å². The molecule has 0 bridgehead atoms. The van der Waals surface area contributed by atoms with Crippen LogP contribution in [-0.4, -0.2) is 34.7 Å². The molecule has 19 heavy (non-hydrogen) atoms. The summed E-state index contributed by atoms with van der Waals surface area (Å²) in [5.41, 5.74) is 0. The normalized spacial score (nSPS) is 11.7. The number of hydrogen-bond acceptors (Lipinski definition) is 6. The van der Waals surface area contributed by atoms with Crippen molar-refractivity contribution in [3.8, 4) is 11.6 Å². The van der Waals surface area contributed by atoms with Gasteiger partial charge in [0.1, 0.15) is 24.0 Å². The Balaban J connectivity index is 1.84. The minimum absolute atomic E-state index is 0.00911. The Hall–Kier alpha value is -2.37. The number of aromatic nitrogens is 3. The highest BCUT2D eigenvalue weighted by Gasteiger charge is 2.05. The smallest absolute Gasteiger partial charge is 0.218 e. The number of ether oxygens (including phenoxy) is 2. The second-order valence-corrected chi connectivity index (χ2v) is 3.94. The summed E-state index contributed by atoms with van der Waals surface area (Å²) >= 11 is 0. The van der Waals surface area contributed by atoms with E-state index in [1.807, 2.05) is 19.1 Å². The number of methoxy groups -OCH3 is 1. The van der Waals surface area contributed by atoms with Crippen molar-refractivity contribution < 1.29 is 9.47 Å². The Labute approximate surface area is 111 Å². The van der Waals surface area contributed by atoms with Crippen molar-refractivity contribution in [1.29, 1.82) is 0 Å². The maximum Gasteiger partial charge on any atom is 0.218 e. The van der Waals surface area contributed by atoms with Gasteiger partial charge in [-0.1, -0.05) is 0 Å². The molecular weight excluding hydrogens is 244 g/mol. The minimum atomic E-state index is -0.00911. The van der Waals surface area contributed by atoms with E-state index >= 15 is 0 Å². The van der Waals surface area contributed by atoms with Crippen LogP contribution >= 0.6 is 0 Å². The fourth-order valence-corrected chi connectivity index (χ4v) is 1.49. The highest BCUT2D eigenvalue weighted by atomic mass is 16.5. The van der Waals surface area contributed by atoms with Crippen molar-refractivity contribution >= 4 is 5.82 Å². The molecule has 2 heterocycles. The summed E-state index contributed by atoms with van der Waals surface area (Å²) in [6.45, 7) is 2.59. The van der Waals surface area contributed by atoms with Crippen molar-refractivity contribution in [1.82, 2.24) is 15.0 Å². The highest BCUT2D eigenvalue weighted by Crippen LogP contribution is 2.12. The zero-order valence-electron chi connectivity index (χ0n) is 10.9. The van der Waals surface area contributed by atoms with E-state index in [1.54, 1.807) is 25.6 Å². The summed E-state index contributed by atoms with van der Waals surface area (Å²) in [5, 5.41) is 3.16. The largest absolute Gasteiger partial charge is 0.487 e. The van der Waals surface area contributed by atoms with Crippen LogP contribution in [0.5, 0.6) is 11.6 Å². The Bertz CT molecular complexity index is 507. The molecule has 0 saturated heterocycles. The molecule has 0 spiro atoms. The van der Waals surface area contributed by atoms with Gasteiger partial charge in [0.25, 0.3) is 0 Å². The van der Waals surface area contributed by atoms with Gasteiger partial charge in [0.15, 0.2) is 0 Å². The van der Waals surface area contributed by atoms with Crippen molar-refractivity contribution in [2.75, 3.05) is 19.0 Å². The monoisotopic (exact) mass is 260 g/mol. The molecule has 0 radical (unpaired) electrons. The van der Waals surface area contributed by atoms with E-state index in [2.05, 4.69) is 20.3 Å². The highest BCUT2D eigenvalue weighted by molar-refractivity contribution is 5.37. The first-order valence-electron chi connectivity index (χ1n) is 5.94. The van der Waals surface area contributed by atoms with Gasteiger partial charge in [-0.05, 0) is 19.1 Å². The van der Waals surface area contributed by atoms with Crippen molar-refractivity contribution in [3.05, 3.63) is 36.9 Å². The molecule has 2 rings (SSSR count). The minimum Gasteiger partial charge on any atom is -0.487 e. The lowest BCUT2D eigenvalue weighted by molar-refractivity contribution is 0.233. The predicted molar refractivity (Wildman–Crippen MR) is 71.4 cm³/mol. The summed E-state index contributed by atoms with van der Waals surface area (Å²) in [4.78, 5) is 12.0. The molecule has 0 aliphatic heterocycles. The zero-order chi connectivity index (χ0) is 13.5. The van der Waals surface area contributed by atoms with Crippen LogP contribution in [-0.2, 0) is 0 Å². The van der Waals surface area contributed by atoms with E-state index in [0.717, 1.165) is 5.75 Å². The average Bonchev–Trinajstić information content (AvgIpc) is 2.46. The van der Waals surface area contributed by atoms with Gasteiger partial charge >= 0.3 is 0 Å². The molecule has 0 aliphatic carbocycles. The Kier molecular flexibility index (Phi) is 4.49. The fraction of sp³-hybridized carbons (Fsp3) is 0.308. The SMILES string of the molecule is COc1cc(NC[C@@H](C)Oc2cccnc2)ncn1. The van der Waals surface area contributed by atoms with E-state index in [-0.39, 0.29) is 6.10 Å². The molecule has 0 fully saturated rings. The third-order valence-corrected chi connectivity index (χ3v) is 2.39. The maximum absolute atomic E-state index is 5.69. The van der Waals surface area contributed by atoms with Crippen LogP contribution < -0.4 is 14.8 Å². The Morgan fingerprint density at radius 3 is 3.00 bits per heavy atom. The molecular formula is C13H16N4O2. The van der Waals surface area contributed by atoms with Gasteiger partial charge in [0.05, 0.1) is 19.9 Å². The van der Waals surface area contributed by atoms with Gasteiger partial charge in [0.2, 0.25) is 5.88 Å². The Morgan fingerprint density at radius 1 is 1.37 bits per heavy atom. The summed E-state index contributed by atoms with van der Waals surface area (Å²) in [7, 11) is 1.57. The van der Waals surface area contributed by atoms with Gasteiger partial charge in [0, 0.05) is 12.3 Å². The lowest BCUT2D eigenvalue weighted by Crippen LogP contribution is -2.23. The van der Waals surface area contributed by atoms with E-state index in [9.17, 15) is 0 Å².